The van der Waals surface area contributed by atoms with Crippen molar-refractivity contribution in [3.63, 3.8) is 0 Å². The highest BCUT2D eigenvalue weighted by atomic mass is 32.2. The summed E-state index contributed by atoms with van der Waals surface area (Å²) in [6, 6.07) is 15.7. The molecule has 1 amide bonds. The number of benzene rings is 3. The molecule has 0 bridgehead atoms. The highest BCUT2D eigenvalue weighted by molar-refractivity contribution is 7.89. The van der Waals surface area contributed by atoms with Crippen LogP contribution in [-0.4, -0.2) is 28.0 Å². The quantitative estimate of drug-likeness (QED) is 0.694. The van der Waals surface area contributed by atoms with Crippen molar-refractivity contribution in [3.8, 4) is 5.75 Å². The lowest BCUT2D eigenvalue weighted by Crippen LogP contribution is -2.26. The van der Waals surface area contributed by atoms with E-state index in [1.807, 2.05) is 19.1 Å². The van der Waals surface area contributed by atoms with Crippen LogP contribution in [0.3, 0.4) is 0 Å². The van der Waals surface area contributed by atoms with Gasteiger partial charge in [-0.25, -0.2) is 13.1 Å². The lowest BCUT2D eigenvalue weighted by Gasteiger charge is -2.15. The molecule has 1 aliphatic rings. The third-order valence-corrected chi connectivity index (χ3v) is 6.44. The van der Waals surface area contributed by atoms with Crippen LogP contribution in [0.4, 0.5) is 5.69 Å². The SMILES string of the molecule is CCN1C(=O)c2cccc3c(S(=O)(=O)NCc4ccc(OC)cc4)ccc1c23. The molecule has 28 heavy (non-hydrogen) atoms. The summed E-state index contributed by atoms with van der Waals surface area (Å²) in [4.78, 5) is 14.4. The fourth-order valence-corrected chi connectivity index (χ4v) is 4.79. The van der Waals surface area contributed by atoms with Crippen molar-refractivity contribution < 1.29 is 17.9 Å². The van der Waals surface area contributed by atoms with Gasteiger partial charge in [0.2, 0.25) is 10.0 Å². The number of amides is 1. The Kier molecular flexibility index (Phi) is 4.56. The highest BCUT2D eigenvalue weighted by Gasteiger charge is 2.31. The van der Waals surface area contributed by atoms with Gasteiger partial charge in [-0.15, -0.1) is 0 Å². The standard InChI is InChI=1S/C21H20N2O4S/c1-3-23-18-11-12-19(16-5-4-6-17(20(16)18)21(23)24)28(25,26)22-13-14-7-9-15(27-2)10-8-14/h4-12,22H,3,13H2,1-2H3. The van der Waals surface area contributed by atoms with Gasteiger partial charge >= 0.3 is 0 Å². The van der Waals surface area contributed by atoms with Crippen LogP contribution in [0.1, 0.15) is 22.8 Å². The number of nitrogens with one attached hydrogen (secondary N) is 1. The number of hydrogen-bond donors (Lipinski definition) is 1. The van der Waals surface area contributed by atoms with Crippen molar-refractivity contribution in [3.05, 3.63) is 65.7 Å². The average Bonchev–Trinajstić information content (AvgIpc) is 3.00. The summed E-state index contributed by atoms with van der Waals surface area (Å²) in [5.74, 6) is 0.619. The molecule has 6 nitrogen and oxygen atoms in total. The molecule has 0 atom stereocenters. The van der Waals surface area contributed by atoms with Crippen LogP contribution in [0.25, 0.3) is 10.8 Å². The van der Waals surface area contributed by atoms with Gasteiger partial charge in [0.05, 0.1) is 17.7 Å². The minimum atomic E-state index is -3.76. The second-order valence-corrected chi connectivity index (χ2v) is 8.27. The molecule has 0 aliphatic carbocycles. The minimum absolute atomic E-state index is 0.0937. The summed E-state index contributed by atoms with van der Waals surface area (Å²) in [7, 11) is -2.18. The fraction of sp³-hybridized carbons (Fsp3) is 0.190. The first-order valence-corrected chi connectivity index (χ1v) is 10.4. The number of anilines is 1. The molecule has 0 unspecified atom stereocenters. The van der Waals surface area contributed by atoms with E-state index < -0.39 is 10.0 Å². The van der Waals surface area contributed by atoms with Gasteiger partial charge in [0.1, 0.15) is 5.75 Å². The maximum atomic E-state index is 13.0. The van der Waals surface area contributed by atoms with Crippen LogP contribution in [0, 0.1) is 0 Å². The maximum Gasteiger partial charge on any atom is 0.258 e. The third-order valence-electron chi connectivity index (χ3n) is 4.98. The normalized spacial score (nSPS) is 13.4. The van der Waals surface area contributed by atoms with E-state index in [2.05, 4.69) is 4.72 Å². The Morgan fingerprint density at radius 1 is 1.04 bits per heavy atom. The number of carbonyl (C=O) groups is 1. The van der Waals surface area contributed by atoms with Crippen molar-refractivity contribution in [2.45, 2.75) is 18.4 Å². The number of ether oxygens (including phenoxy) is 1. The summed E-state index contributed by atoms with van der Waals surface area (Å²) in [6.45, 7) is 2.59. The summed E-state index contributed by atoms with van der Waals surface area (Å²) in [6.07, 6.45) is 0. The summed E-state index contributed by atoms with van der Waals surface area (Å²) >= 11 is 0. The Bertz CT molecular complexity index is 1170. The minimum Gasteiger partial charge on any atom is -0.497 e. The van der Waals surface area contributed by atoms with E-state index in [4.69, 9.17) is 4.74 Å². The molecule has 3 aromatic rings. The zero-order valence-electron chi connectivity index (χ0n) is 15.6. The van der Waals surface area contributed by atoms with E-state index >= 15 is 0 Å². The second kappa shape index (κ2) is 6.92. The van der Waals surface area contributed by atoms with Crippen molar-refractivity contribution in [1.82, 2.24) is 4.72 Å². The first-order chi connectivity index (χ1) is 13.5. The molecule has 0 radical (unpaired) electrons. The van der Waals surface area contributed by atoms with Gasteiger partial charge in [0.25, 0.3) is 5.91 Å². The Morgan fingerprint density at radius 3 is 2.46 bits per heavy atom. The van der Waals surface area contributed by atoms with Gasteiger partial charge in [0.15, 0.2) is 0 Å². The fourth-order valence-electron chi connectivity index (χ4n) is 3.57. The van der Waals surface area contributed by atoms with Gasteiger partial charge in [-0.1, -0.05) is 24.3 Å². The van der Waals surface area contributed by atoms with Crippen molar-refractivity contribution in [2.75, 3.05) is 18.6 Å². The molecule has 0 aromatic heterocycles. The molecule has 3 aromatic carbocycles. The second-order valence-electron chi connectivity index (χ2n) is 6.53. The predicted octanol–water partition coefficient (Wildman–Crippen LogP) is 3.31. The van der Waals surface area contributed by atoms with E-state index in [1.165, 1.54) is 0 Å². The van der Waals surface area contributed by atoms with Crippen LogP contribution >= 0.6 is 0 Å². The smallest absolute Gasteiger partial charge is 0.258 e. The van der Waals surface area contributed by atoms with E-state index in [0.717, 1.165) is 11.3 Å². The lowest BCUT2D eigenvalue weighted by atomic mass is 10.1. The molecule has 0 fully saturated rings. The number of hydrogen-bond acceptors (Lipinski definition) is 4. The molecule has 144 valence electrons. The molecule has 1 N–H and O–H groups in total. The molecule has 0 saturated heterocycles. The molecule has 7 heteroatoms. The molecule has 0 saturated carbocycles. The van der Waals surface area contributed by atoms with Crippen molar-refractivity contribution in [2.24, 2.45) is 0 Å². The topological polar surface area (TPSA) is 75.7 Å². The van der Waals surface area contributed by atoms with Crippen molar-refractivity contribution >= 4 is 32.4 Å². The molecular weight excluding hydrogens is 376 g/mol. The van der Waals surface area contributed by atoms with Crippen LogP contribution in [-0.2, 0) is 16.6 Å². The number of carbonyl (C=O) groups excluding carboxylic acids is 1. The largest absolute Gasteiger partial charge is 0.497 e. The summed E-state index contributed by atoms with van der Waals surface area (Å²) in [5, 5.41) is 1.25. The van der Waals surface area contributed by atoms with Crippen LogP contribution < -0.4 is 14.4 Å². The van der Waals surface area contributed by atoms with Crippen molar-refractivity contribution in [1.29, 1.82) is 0 Å². The third kappa shape index (κ3) is 2.93. The Morgan fingerprint density at radius 2 is 1.79 bits per heavy atom. The Balaban J connectivity index is 1.71. The van der Waals surface area contributed by atoms with E-state index in [9.17, 15) is 13.2 Å². The van der Waals surface area contributed by atoms with E-state index in [-0.39, 0.29) is 17.3 Å². The zero-order valence-corrected chi connectivity index (χ0v) is 16.4. The van der Waals surface area contributed by atoms with E-state index in [0.29, 0.717) is 28.6 Å². The zero-order chi connectivity index (χ0) is 19.9. The van der Waals surface area contributed by atoms with Gasteiger partial charge in [-0.2, -0.15) is 0 Å². The monoisotopic (exact) mass is 396 g/mol. The highest BCUT2D eigenvalue weighted by Crippen LogP contribution is 2.39. The van der Waals surface area contributed by atoms with Gasteiger partial charge in [-0.05, 0) is 42.8 Å². The first kappa shape index (κ1) is 18.5. The number of methoxy groups -OCH3 is 1. The van der Waals surface area contributed by atoms with Crippen LogP contribution in [0.5, 0.6) is 5.75 Å². The number of sulfonamides is 1. The predicted molar refractivity (Wildman–Crippen MR) is 108 cm³/mol. The number of rotatable bonds is 6. The van der Waals surface area contributed by atoms with Gasteiger partial charge < -0.3 is 9.64 Å². The molecule has 0 spiro atoms. The average molecular weight is 396 g/mol. The maximum absolute atomic E-state index is 13.0. The van der Waals surface area contributed by atoms with Crippen LogP contribution in [0.2, 0.25) is 0 Å². The molecular formula is C21H20N2O4S. The lowest BCUT2D eigenvalue weighted by molar-refractivity contribution is 0.0994. The first-order valence-electron chi connectivity index (χ1n) is 8.96. The Hall–Kier alpha value is -2.90. The van der Waals surface area contributed by atoms with Gasteiger partial charge in [-0.3, -0.25) is 4.79 Å². The van der Waals surface area contributed by atoms with Gasteiger partial charge in [0, 0.05) is 29.4 Å². The Labute approximate surface area is 163 Å². The molecule has 4 rings (SSSR count). The number of nitrogens with zero attached hydrogens (tertiary/aromatic N) is 1. The van der Waals surface area contributed by atoms with E-state index in [1.54, 1.807) is 54.5 Å². The molecule has 1 aliphatic heterocycles. The summed E-state index contributed by atoms with van der Waals surface area (Å²) < 4.78 is 33.7. The summed E-state index contributed by atoms with van der Waals surface area (Å²) in [5.41, 5.74) is 2.12. The van der Waals surface area contributed by atoms with Crippen LogP contribution in [0.15, 0.2) is 59.5 Å². The molecule has 1 heterocycles.